The molecule has 0 bridgehead atoms. The molecule has 126 valence electrons. The van der Waals surface area contributed by atoms with Crippen LogP contribution in [-0.4, -0.2) is 0 Å². The lowest BCUT2D eigenvalue weighted by atomic mass is 9.84. The average molecular weight is 320 g/mol. The lowest BCUT2D eigenvalue weighted by Gasteiger charge is -2.22. The number of hydrogen-bond acceptors (Lipinski definition) is 1. The van der Waals surface area contributed by atoms with Crippen molar-refractivity contribution in [3.8, 4) is 11.5 Å². The van der Waals surface area contributed by atoms with Gasteiger partial charge in [0.15, 0.2) is 0 Å². The SMILES string of the molecule is C=C(C)CCc1cccc(Oc2ccc(C3CCCCC3)cc2)c1. The van der Waals surface area contributed by atoms with E-state index in [4.69, 9.17) is 4.74 Å². The molecule has 0 saturated heterocycles. The van der Waals surface area contributed by atoms with E-state index >= 15 is 0 Å². The van der Waals surface area contributed by atoms with Gasteiger partial charge in [-0.05, 0) is 73.9 Å². The minimum absolute atomic E-state index is 0.748. The summed E-state index contributed by atoms with van der Waals surface area (Å²) >= 11 is 0. The molecule has 0 amide bonds. The Kier molecular flexibility index (Phi) is 5.74. The third kappa shape index (κ3) is 4.74. The van der Waals surface area contributed by atoms with Crippen LogP contribution >= 0.6 is 0 Å². The van der Waals surface area contributed by atoms with Crippen LogP contribution in [-0.2, 0) is 6.42 Å². The molecule has 1 heteroatoms. The lowest BCUT2D eigenvalue weighted by Crippen LogP contribution is -2.04. The quantitative estimate of drug-likeness (QED) is 0.519. The summed E-state index contributed by atoms with van der Waals surface area (Å²) in [6, 6.07) is 17.1. The molecule has 3 rings (SSSR count). The summed E-state index contributed by atoms with van der Waals surface area (Å²) in [5, 5.41) is 0. The van der Waals surface area contributed by atoms with Crippen molar-refractivity contribution in [2.75, 3.05) is 0 Å². The van der Waals surface area contributed by atoms with Crippen LogP contribution in [0.3, 0.4) is 0 Å². The highest BCUT2D eigenvalue weighted by Crippen LogP contribution is 2.33. The Balaban J connectivity index is 1.63. The van der Waals surface area contributed by atoms with Gasteiger partial charge in [-0.2, -0.15) is 0 Å². The second-order valence-corrected chi connectivity index (χ2v) is 7.11. The molecule has 1 aliphatic carbocycles. The van der Waals surface area contributed by atoms with Crippen LogP contribution in [0.4, 0.5) is 0 Å². The van der Waals surface area contributed by atoms with E-state index in [1.807, 2.05) is 6.07 Å². The summed E-state index contributed by atoms with van der Waals surface area (Å²) in [6.07, 6.45) is 8.88. The fourth-order valence-corrected chi connectivity index (χ4v) is 3.50. The molecule has 2 aromatic carbocycles. The van der Waals surface area contributed by atoms with Gasteiger partial charge in [0.1, 0.15) is 11.5 Å². The highest BCUT2D eigenvalue weighted by Gasteiger charge is 2.15. The first-order chi connectivity index (χ1) is 11.7. The fraction of sp³-hybridized carbons (Fsp3) is 0.391. The van der Waals surface area contributed by atoms with E-state index in [1.165, 1.54) is 48.8 Å². The second-order valence-electron chi connectivity index (χ2n) is 7.11. The molecule has 0 heterocycles. The molecule has 0 spiro atoms. The molecule has 0 aliphatic heterocycles. The molecule has 2 aromatic rings. The van der Waals surface area contributed by atoms with Gasteiger partial charge < -0.3 is 4.74 Å². The summed E-state index contributed by atoms with van der Waals surface area (Å²) in [5.41, 5.74) is 3.99. The number of aryl methyl sites for hydroxylation is 1. The molecule has 0 N–H and O–H groups in total. The van der Waals surface area contributed by atoms with E-state index in [1.54, 1.807) is 0 Å². The summed E-state index contributed by atoms with van der Waals surface area (Å²) in [5.74, 6) is 2.59. The maximum Gasteiger partial charge on any atom is 0.127 e. The number of ether oxygens (including phenoxy) is 1. The van der Waals surface area contributed by atoms with Crippen LogP contribution in [0.15, 0.2) is 60.7 Å². The second kappa shape index (κ2) is 8.19. The van der Waals surface area contributed by atoms with Gasteiger partial charge in [0.2, 0.25) is 0 Å². The van der Waals surface area contributed by atoms with Gasteiger partial charge in [-0.3, -0.25) is 0 Å². The van der Waals surface area contributed by atoms with Crippen molar-refractivity contribution in [2.45, 2.75) is 57.8 Å². The van der Waals surface area contributed by atoms with Crippen LogP contribution in [0.1, 0.15) is 62.5 Å². The first-order valence-electron chi connectivity index (χ1n) is 9.22. The van der Waals surface area contributed by atoms with Crippen LogP contribution in [0.5, 0.6) is 11.5 Å². The first-order valence-corrected chi connectivity index (χ1v) is 9.22. The number of rotatable bonds is 6. The van der Waals surface area contributed by atoms with E-state index in [-0.39, 0.29) is 0 Å². The van der Waals surface area contributed by atoms with E-state index < -0.39 is 0 Å². The molecule has 1 aliphatic rings. The van der Waals surface area contributed by atoms with E-state index in [9.17, 15) is 0 Å². The topological polar surface area (TPSA) is 9.23 Å². The zero-order chi connectivity index (χ0) is 16.8. The van der Waals surface area contributed by atoms with Gasteiger partial charge in [0, 0.05) is 0 Å². The number of benzene rings is 2. The van der Waals surface area contributed by atoms with E-state index in [0.717, 1.165) is 30.3 Å². The fourth-order valence-electron chi connectivity index (χ4n) is 3.50. The zero-order valence-electron chi connectivity index (χ0n) is 14.8. The van der Waals surface area contributed by atoms with Crippen LogP contribution in [0.25, 0.3) is 0 Å². The Bertz CT molecular complexity index is 663. The molecule has 0 radical (unpaired) electrons. The number of hydrogen-bond donors (Lipinski definition) is 0. The normalized spacial score (nSPS) is 15.2. The van der Waals surface area contributed by atoms with Crippen molar-refractivity contribution in [2.24, 2.45) is 0 Å². The summed E-state index contributed by atoms with van der Waals surface area (Å²) < 4.78 is 6.05. The molecule has 0 atom stereocenters. The Morgan fingerprint density at radius 2 is 1.75 bits per heavy atom. The molecule has 24 heavy (non-hydrogen) atoms. The largest absolute Gasteiger partial charge is 0.457 e. The molecule has 1 nitrogen and oxygen atoms in total. The molecular weight excluding hydrogens is 292 g/mol. The predicted octanol–water partition coefficient (Wildman–Crippen LogP) is 7.04. The van der Waals surface area contributed by atoms with Gasteiger partial charge >= 0.3 is 0 Å². The zero-order valence-corrected chi connectivity index (χ0v) is 14.8. The van der Waals surface area contributed by atoms with Crippen molar-refractivity contribution < 1.29 is 4.74 Å². The standard InChI is InChI=1S/C23H28O/c1-18(2)11-12-19-7-6-10-23(17-19)24-22-15-13-21(14-16-22)20-8-4-3-5-9-20/h6-7,10,13-17,20H,1,3-5,8-9,11-12H2,2H3. The van der Waals surface area contributed by atoms with Crippen LogP contribution in [0, 0.1) is 0 Å². The molecule has 0 aromatic heterocycles. The van der Waals surface area contributed by atoms with Gasteiger partial charge in [-0.1, -0.05) is 49.1 Å². The van der Waals surface area contributed by atoms with E-state index in [2.05, 4.69) is 56.0 Å². The van der Waals surface area contributed by atoms with Crippen molar-refractivity contribution in [1.82, 2.24) is 0 Å². The predicted molar refractivity (Wildman–Crippen MR) is 102 cm³/mol. The smallest absolute Gasteiger partial charge is 0.127 e. The van der Waals surface area contributed by atoms with Crippen molar-refractivity contribution in [3.63, 3.8) is 0 Å². The Labute approximate surface area is 146 Å². The third-order valence-electron chi connectivity index (χ3n) is 4.93. The van der Waals surface area contributed by atoms with Crippen molar-refractivity contribution >= 4 is 0 Å². The van der Waals surface area contributed by atoms with Crippen molar-refractivity contribution in [3.05, 3.63) is 71.8 Å². The Morgan fingerprint density at radius 3 is 2.46 bits per heavy atom. The van der Waals surface area contributed by atoms with Gasteiger partial charge in [0.25, 0.3) is 0 Å². The minimum Gasteiger partial charge on any atom is -0.457 e. The van der Waals surface area contributed by atoms with Crippen LogP contribution in [0.2, 0.25) is 0 Å². The summed E-state index contributed by atoms with van der Waals surface area (Å²) in [6.45, 7) is 6.05. The van der Waals surface area contributed by atoms with Gasteiger partial charge in [0.05, 0.1) is 0 Å². The summed E-state index contributed by atoms with van der Waals surface area (Å²) in [4.78, 5) is 0. The molecular formula is C23H28O. The molecule has 0 unspecified atom stereocenters. The highest BCUT2D eigenvalue weighted by atomic mass is 16.5. The van der Waals surface area contributed by atoms with Gasteiger partial charge in [-0.15, -0.1) is 6.58 Å². The maximum absolute atomic E-state index is 6.05. The molecule has 1 fully saturated rings. The van der Waals surface area contributed by atoms with Crippen LogP contribution < -0.4 is 4.74 Å². The molecule has 1 saturated carbocycles. The maximum atomic E-state index is 6.05. The minimum atomic E-state index is 0.748. The highest BCUT2D eigenvalue weighted by molar-refractivity contribution is 5.36. The Hall–Kier alpha value is -2.02. The number of allylic oxidation sites excluding steroid dienone is 1. The van der Waals surface area contributed by atoms with Crippen molar-refractivity contribution in [1.29, 1.82) is 0 Å². The van der Waals surface area contributed by atoms with E-state index in [0.29, 0.717) is 0 Å². The summed E-state index contributed by atoms with van der Waals surface area (Å²) in [7, 11) is 0. The van der Waals surface area contributed by atoms with Gasteiger partial charge in [-0.25, -0.2) is 0 Å². The third-order valence-corrected chi connectivity index (χ3v) is 4.93. The lowest BCUT2D eigenvalue weighted by molar-refractivity contribution is 0.442. The monoisotopic (exact) mass is 320 g/mol. The Morgan fingerprint density at radius 1 is 1.00 bits per heavy atom. The first kappa shape index (κ1) is 16.8. The average Bonchev–Trinajstić information content (AvgIpc) is 2.62.